The number of hydrogen-bond donors (Lipinski definition) is 0. The molecule has 0 radical (unpaired) electrons. The molecule has 0 N–H and O–H groups in total. The maximum absolute atomic E-state index is 13.1. The Bertz CT molecular complexity index is 592. The number of rotatable bonds is 3. The smallest absolute Gasteiger partial charge is 0.337 e. The van der Waals surface area contributed by atoms with Crippen molar-refractivity contribution in [2.24, 2.45) is 0 Å². The van der Waals surface area contributed by atoms with Gasteiger partial charge in [-0.25, -0.2) is 13.6 Å². The second-order valence-electron chi connectivity index (χ2n) is 4.11. The van der Waals surface area contributed by atoms with E-state index in [1.54, 1.807) is 24.3 Å². The van der Waals surface area contributed by atoms with Crippen LogP contribution in [-0.2, 0) is 11.2 Å². The Morgan fingerprint density at radius 1 is 1.00 bits per heavy atom. The first-order valence-corrected chi connectivity index (χ1v) is 5.71. The van der Waals surface area contributed by atoms with Crippen molar-refractivity contribution in [3.05, 3.63) is 70.8 Å². The molecule has 0 bridgehead atoms. The summed E-state index contributed by atoms with van der Waals surface area (Å²) in [6.07, 6.45) is 0.471. The number of carbonyl (C=O) groups excluding carboxylic acids is 1. The summed E-state index contributed by atoms with van der Waals surface area (Å²) < 4.78 is 30.4. The molecular formula is C15H12F2O2. The zero-order valence-electron chi connectivity index (χ0n) is 10.3. The van der Waals surface area contributed by atoms with Gasteiger partial charge in [-0.05, 0) is 41.8 Å². The largest absolute Gasteiger partial charge is 0.465 e. The minimum atomic E-state index is -0.858. The van der Waals surface area contributed by atoms with E-state index in [4.69, 9.17) is 0 Å². The topological polar surface area (TPSA) is 26.3 Å². The van der Waals surface area contributed by atoms with Crippen molar-refractivity contribution in [3.8, 4) is 0 Å². The second kappa shape index (κ2) is 5.61. The molecule has 0 aliphatic heterocycles. The van der Waals surface area contributed by atoms with Gasteiger partial charge in [-0.1, -0.05) is 18.2 Å². The maximum atomic E-state index is 13.1. The zero-order valence-corrected chi connectivity index (χ0v) is 10.3. The molecule has 2 aromatic carbocycles. The lowest BCUT2D eigenvalue weighted by molar-refractivity contribution is 0.0600. The van der Waals surface area contributed by atoms with Crippen molar-refractivity contribution >= 4 is 5.97 Å². The van der Waals surface area contributed by atoms with Crippen LogP contribution in [-0.4, -0.2) is 13.1 Å². The Morgan fingerprint density at radius 2 is 1.63 bits per heavy atom. The third-order valence-corrected chi connectivity index (χ3v) is 2.77. The summed E-state index contributed by atoms with van der Waals surface area (Å²) in [6.45, 7) is 0. The van der Waals surface area contributed by atoms with Crippen molar-refractivity contribution in [1.82, 2.24) is 0 Å². The lowest BCUT2D eigenvalue weighted by Gasteiger charge is -2.04. The van der Waals surface area contributed by atoms with Gasteiger partial charge in [-0.15, -0.1) is 0 Å². The standard InChI is InChI=1S/C15H12F2O2/c1-19-15(18)12-5-2-10(3-6-12)8-11-4-7-13(16)14(17)9-11/h2-7,9H,8H2,1H3. The van der Waals surface area contributed by atoms with E-state index in [-0.39, 0.29) is 0 Å². The quantitative estimate of drug-likeness (QED) is 0.793. The van der Waals surface area contributed by atoms with E-state index in [2.05, 4.69) is 4.74 Å². The summed E-state index contributed by atoms with van der Waals surface area (Å²) in [5, 5.41) is 0. The monoisotopic (exact) mass is 262 g/mol. The SMILES string of the molecule is COC(=O)c1ccc(Cc2ccc(F)c(F)c2)cc1. The van der Waals surface area contributed by atoms with Crippen molar-refractivity contribution < 1.29 is 18.3 Å². The van der Waals surface area contributed by atoms with Crippen LogP contribution in [0.15, 0.2) is 42.5 Å². The molecule has 98 valence electrons. The molecule has 0 amide bonds. The molecular weight excluding hydrogens is 250 g/mol. The minimum absolute atomic E-state index is 0.403. The summed E-state index contributed by atoms with van der Waals surface area (Å²) in [5.41, 5.74) is 2.03. The van der Waals surface area contributed by atoms with Crippen molar-refractivity contribution in [1.29, 1.82) is 0 Å². The third kappa shape index (κ3) is 3.16. The molecule has 0 saturated carbocycles. The summed E-state index contributed by atoms with van der Waals surface area (Å²) in [4.78, 5) is 11.3. The Labute approximate surface area is 109 Å². The fourth-order valence-electron chi connectivity index (χ4n) is 1.76. The van der Waals surface area contributed by atoms with Crippen molar-refractivity contribution in [2.45, 2.75) is 6.42 Å². The van der Waals surface area contributed by atoms with Gasteiger partial charge in [0.1, 0.15) is 0 Å². The summed E-state index contributed by atoms with van der Waals surface area (Å²) in [6, 6.07) is 10.6. The first-order valence-electron chi connectivity index (χ1n) is 5.71. The number of hydrogen-bond acceptors (Lipinski definition) is 2. The van der Waals surface area contributed by atoms with Crippen LogP contribution < -0.4 is 0 Å². The van der Waals surface area contributed by atoms with Gasteiger partial charge in [0.25, 0.3) is 0 Å². The first-order chi connectivity index (χ1) is 9.10. The van der Waals surface area contributed by atoms with Crippen molar-refractivity contribution in [3.63, 3.8) is 0 Å². The molecule has 0 spiro atoms. The molecule has 0 aromatic heterocycles. The van der Waals surface area contributed by atoms with Crippen LogP contribution in [0.2, 0.25) is 0 Å². The molecule has 0 fully saturated rings. The highest BCUT2D eigenvalue weighted by Gasteiger charge is 2.06. The lowest BCUT2D eigenvalue weighted by atomic mass is 10.0. The molecule has 2 rings (SSSR count). The van der Waals surface area contributed by atoms with E-state index in [0.29, 0.717) is 17.5 Å². The molecule has 19 heavy (non-hydrogen) atoms. The summed E-state index contributed by atoms with van der Waals surface area (Å²) in [7, 11) is 1.32. The van der Waals surface area contributed by atoms with Crippen LogP contribution in [0, 0.1) is 11.6 Å². The fourth-order valence-corrected chi connectivity index (χ4v) is 1.76. The van der Waals surface area contributed by atoms with E-state index in [0.717, 1.165) is 11.6 Å². The van der Waals surface area contributed by atoms with Crippen LogP contribution in [0.4, 0.5) is 8.78 Å². The minimum Gasteiger partial charge on any atom is -0.465 e. The zero-order chi connectivity index (χ0) is 13.8. The molecule has 0 heterocycles. The number of esters is 1. The predicted octanol–water partition coefficient (Wildman–Crippen LogP) is 3.34. The molecule has 4 heteroatoms. The number of ether oxygens (including phenoxy) is 1. The van der Waals surface area contributed by atoms with Crippen LogP contribution in [0.5, 0.6) is 0 Å². The molecule has 0 unspecified atom stereocenters. The maximum Gasteiger partial charge on any atom is 0.337 e. The Kier molecular flexibility index (Phi) is 3.90. The average molecular weight is 262 g/mol. The van der Waals surface area contributed by atoms with Crippen LogP contribution in [0.3, 0.4) is 0 Å². The van der Waals surface area contributed by atoms with Gasteiger partial charge < -0.3 is 4.74 Å². The Balaban J connectivity index is 2.15. The molecule has 2 nitrogen and oxygen atoms in total. The molecule has 0 saturated heterocycles. The van der Waals surface area contributed by atoms with E-state index in [9.17, 15) is 13.6 Å². The van der Waals surface area contributed by atoms with Crippen LogP contribution in [0.1, 0.15) is 21.5 Å². The highest BCUT2D eigenvalue weighted by Crippen LogP contribution is 2.14. The normalized spacial score (nSPS) is 10.3. The predicted molar refractivity (Wildman–Crippen MR) is 66.9 cm³/mol. The molecule has 0 aliphatic carbocycles. The van der Waals surface area contributed by atoms with Crippen molar-refractivity contribution in [2.75, 3.05) is 7.11 Å². The first kappa shape index (κ1) is 13.2. The number of halogens is 2. The van der Waals surface area contributed by atoms with E-state index >= 15 is 0 Å². The highest BCUT2D eigenvalue weighted by atomic mass is 19.2. The molecule has 2 aromatic rings. The number of carbonyl (C=O) groups is 1. The van der Waals surface area contributed by atoms with Crippen LogP contribution >= 0.6 is 0 Å². The number of methoxy groups -OCH3 is 1. The third-order valence-electron chi connectivity index (χ3n) is 2.77. The van der Waals surface area contributed by atoms with Gasteiger partial charge in [0.2, 0.25) is 0 Å². The van der Waals surface area contributed by atoms with Gasteiger partial charge >= 0.3 is 5.97 Å². The Morgan fingerprint density at radius 3 is 2.21 bits per heavy atom. The second-order valence-corrected chi connectivity index (χ2v) is 4.11. The van der Waals surface area contributed by atoms with Gasteiger partial charge in [0.05, 0.1) is 12.7 Å². The summed E-state index contributed by atoms with van der Waals surface area (Å²) >= 11 is 0. The van der Waals surface area contributed by atoms with Gasteiger partial charge in [0, 0.05) is 0 Å². The molecule has 0 aliphatic rings. The highest BCUT2D eigenvalue weighted by molar-refractivity contribution is 5.89. The Hall–Kier alpha value is -2.23. The number of benzene rings is 2. The fraction of sp³-hybridized carbons (Fsp3) is 0.133. The van der Waals surface area contributed by atoms with Crippen LogP contribution in [0.25, 0.3) is 0 Å². The van der Waals surface area contributed by atoms with Gasteiger partial charge in [0.15, 0.2) is 11.6 Å². The van der Waals surface area contributed by atoms with Gasteiger partial charge in [-0.3, -0.25) is 0 Å². The lowest BCUT2D eigenvalue weighted by Crippen LogP contribution is -2.01. The molecule has 0 atom stereocenters. The van der Waals surface area contributed by atoms with E-state index < -0.39 is 17.6 Å². The summed E-state index contributed by atoms with van der Waals surface area (Å²) in [5.74, 6) is -2.12. The van der Waals surface area contributed by atoms with E-state index in [1.807, 2.05) is 0 Å². The van der Waals surface area contributed by atoms with E-state index in [1.165, 1.54) is 19.2 Å². The average Bonchev–Trinajstić information content (AvgIpc) is 2.43. The van der Waals surface area contributed by atoms with Gasteiger partial charge in [-0.2, -0.15) is 0 Å².